The van der Waals surface area contributed by atoms with Gasteiger partial charge < -0.3 is 33.8 Å². The second kappa shape index (κ2) is 71.0. The van der Waals surface area contributed by atoms with Gasteiger partial charge in [-0.25, -0.2) is 9.13 Å². The van der Waals surface area contributed by atoms with Crippen molar-refractivity contribution in [3.05, 3.63) is 0 Å². The smallest absolute Gasteiger partial charge is 0.462 e. The van der Waals surface area contributed by atoms with Crippen LogP contribution in [0, 0.1) is 23.7 Å². The van der Waals surface area contributed by atoms with Crippen molar-refractivity contribution in [1.82, 2.24) is 0 Å². The third-order valence-corrected chi connectivity index (χ3v) is 21.0. The van der Waals surface area contributed by atoms with Crippen molar-refractivity contribution in [3.63, 3.8) is 0 Å². The van der Waals surface area contributed by atoms with E-state index in [0.717, 1.165) is 114 Å². The van der Waals surface area contributed by atoms with E-state index in [1.54, 1.807) is 0 Å². The molecule has 0 aromatic heterocycles. The molecule has 3 unspecified atom stereocenters. The van der Waals surface area contributed by atoms with Crippen LogP contribution in [-0.2, 0) is 65.4 Å². The molecule has 0 aromatic rings. The molecule has 600 valence electrons. The van der Waals surface area contributed by atoms with Gasteiger partial charge >= 0.3 is 39.5 Å². The van der Waals surface area contributed by atoms with Crippen molar-refractivity contribution in [3.8, 4) is 0 Å². The van der Waals surface area contributed by atoms with Gasteiger partial charge in [0.2, 0.25) is 0 Å². The minimum absolute atomic E-state index is 0.105. The van der Waals surface area contributed by atoms with Gasteiger partial charge in [-0.2, -0.15) is 0 Å². The molecule has 0 rings (SSSR count). The van der Waals surface area contributed by atoms with Gasteiger partial charge in [-0.3, -0.25) is 37.3 Å². The number of carbonyl (C=O) groups excluding carboxylic acids is 4. The predicted molar refractivity (Wildman–Crippen MR) is 414 cm³/mol. The molecule has 0 amide bonds. The molecule has 0 aliphatic heterocycles. The summed E-state index contributed by atoms with van der Waals surface area (Å²) in [5, 5.41) is 10.6. The van der Waals surface area contributed by atoms with Crippen LogP contribution in [0.25, 0.3) is 0 Å². The maximum atomic E-state index is 13.1. The zero-order chi connectivity index (χ0) is 74.6. The summed E-state index contributed by atoms with van der Waals surface area (Å²) in [4.78, 5) is 73.0. The Kier molecular flexibility index (Phi) is 69.6. The molecule has 0 saturated carbocycles. The lowest BCUT2D eigenvalue weighted by Crippen LogP contribution is -2.30. The zero-order valence-electron chi connectivity index (χ0n) is 66.5. The maximum absolute atomic E-state index is 13.1. The molecule has 0 fully saturated rings. The second-order valence-corrected chi connectivity index (χ2v) is 34.3. The molecule has 0 bridgehead atoms. The zero-order valence-corrected chi connectivity index (χ0v) is 68.3. The van der Waals surface area contributed by atoms with Crippen LogP contribution >= 0.6 is 15.6 Å². The van der Waals surface area contributed by atoms with E-state index in [1.165, 1.54) is 218 Å². The van der Waals surface area contributed by atoms with E-state index in [9.17, 15) is 43.2 Å². The van der Waals surface area contributed by atoms with Crippen molar-refractivity contribution < 1.29 is 80.2 Å². The highest BCUT2D eigenvalue weighted by molar-refractivity contribution is 7.47. The predicted octanol–water partition coefficient (Wildman–Crippen LogP) is 24.4. The highest BCUT2D eigenvalue weighted by Crippen LogP contribution is 2.45. The van der Waals surface area contributed by atoms with E-state index in [1.807, 2.05) is 0 Å². The van der Waals surface area contributed by atoms with E-state index in [2.05, 4.69) is 55.4 Å². The lowest BCUT2D eigenvalue weighted by Gasteiger charge is -2.21. The molecule has 0 saturated heterocycles. The van der Waals surface area contributed by atoms with E-state index >= 15 is 0 Å². The van der Waals surface area contributed by atoms with Gasteiger partial charge in [-0.1, -0.05) is 370 Å². The van der Waals surface area contributed by atoms with Crippen LogP contribution in [0.1, 0.15) is 421 Å². The fourth-order valence-corrected chi connectivity index (χ4v) is 14.2. The lowest BCUT2D eigenvalue weighted by atomic mass is 10.0. The monoisotopic (exact) mass is 1480 g/mol. The summed E-state index contributed by atoms with van der Waals surface area (Å²) < 4.78 is 68.7. The van der Waals surface area contributed by atoms with E-state index in [4.69, 9.17) is 37.0 Å². The van der Waals surface area contributed by atoms with Crippen molar-refractivity contribution in [2.24, 2.45) is 23.7 Å². The molecular formula is C82H160O17P2. The molecule has 0 aromatic carbocycles. The second-order valence-electron chi connectivity index (χ2n) is 31.4. The molecule has 17 nitrogen and oxygen atoms in total. The molecule has 3 N–H and O–H groups in total. The van der Waals surface area contributed by atoms with Crippen LogP contribution < -0.4 is 0 Å². The Balaban J connectivity index is 5.23. The van der Waals surface area contributed by atoms with Gasteiger partial charge in [0.15, 0.2) is 12.2 Å². The van der Waals surface area contributed by atoms with Crippen LogP contribution in [0.4, 0.5) is 0 Å². The fourth-order valence-electron chi connectivity index (χ4n) is 12.6. The summed E-state index contributed by atoms with van der Waals surface area (Å²) in [6.45, 7) is 14.2. The van der Waals surface area contributed by atoms with Gasteiger partial charge in [0.25, 0.3) is 0 Å². The molecule has 0 aliphatic carbocycles. The van der Waals surface area contributed by atoms with Crippen LogP contribution in [-0.4, -0.2) is 96.7 Å². The summed E-state index contributed by atoms with van der Waals surface area (Å²) in [6, 6.07) is 0. The average Bonchev–Trinajstić information content (AvgIpc) is 0.928. The largest absolute Gasteiger partial charge is 0.472 e. The van der Waals surface area contributed by atoms with E-state index in [0.29, 0.717) is 31.6 Å². The Bertz CT molecular complexity index is 1970. The molecular weight excluding hydrogens is 1320 g/mol. The minimum atomic E-state index is -4.96. The highest BCUT2D eigenvalue weighted by Gasteiger charge is 2.30. The number of rotatable bonds is 79. The normalized spacial score (nSPS) is 14.0. The molecule has 0 radical (unpaired) electrons. The fraction of sp³-hybridized carbons (Fsp3) is 0.951. The van der Waals surface area contributed by atoms with Crippen molar-refractivity contribution in [2.45, 2.75) is 440 Å². The number of carbonyl (C=O) groups is 4. The number of phosphoric acid groups is 2. The Morgan fingerprint density at radius 1 is 0.248 bits per heavy atom. The Labute approximate surface area is 619 Å². The number of ether oxygens (including phenoxy) is 4. The summed E-state index contributed by atoms with van der Waals surface area (Å²) >= 11 is 0. The molecule has 0 aliphatic rings. The third kappa shape index (κ3) is 76.1. The summed E-state index contributed by atoms with van der Waals surface area (Å²) in [7, 11) is -9.92. The topological polar surface area (TPSA) is 237 Å². The van der Waals surface area contributed by atoms with Crippen LogP contribution in [0.5, 0.6) is 0 Å². The SMILES string of the molecule is CC(C)CCCCCCCCCCCCCCCCCCCCC(=O)O[C@H](COC(=O)CCCCCCCCCCCCCCCC(C)C)COP(=O)(O)OCC(O)COP(=O)(O)OC[C@@H](COC(=O)CCCCCCCCCC(C)C)OC(=O)CCCCCCCCCCCCCC(C)C. The molecule has 19 heteroatoms. The first-order valence-electron chi connectivity index (χ1n) is 42.2. The van der Waals surface area contributed by atoms with E-state index < -0.39 is 97.5 Å². The number of hydrogen-bond acceptors (Lipinski definition) is 15. The summed E-state index contributed by atoms with van der Waals surface area (Å²) in [6.07, 6.45) is 58.4. The standard InChI is InChI=1S/C82H160O17P2/c1-72(2)58-50-42-34-27-21-16-13-11-9-10-12-14-18-25-31-39-48-56-64-81(86)98-77(68-92-79(84)62-54-46-38-30-24-19-15-17-22-28-35-43-51-59-73(3)4)70-96-100(88,89)94-66-76(83)67-95-101(90,91)97-71-78(69-93-80(85)63-55-47-41-33-37-45-53-61-75(7)8)99-82(87)65-57-49-40-32-26-20-23-29-36-44-52-60-74(5)6/h72-78,83H,9-71H2,1-8H3,(H,88,89)(H,90,91)/t76?,77-,78-/m1/s1. The highest BCUT2D eigenvalue weighted by atomic mass is 31.2. The Morgan fingerprint density at radius 3 is 0.614 bits per heavy atom. The van der Waals surface area contributed by atoms with Gasteiger partial charge in [0.05, 0.1) is 26.4 Å². The van der Waals surface area contributed by atoms with Gasteiger partial charge in [0, 0.05) is 25.7 Å². The number of hydrogen-bond donors (Lipinski definition) is 3. The number of phosphoric ester groups is 2. The first kappa shape index (κ1) is 99.1. The summed E-state index contributed by atoms with van der Waals surface area (Å²) in [5.74, 6) is 0.968. The minimum Gasteiger partial charge on any atom is -0.462 e. The van der Waals surface area contributed by atoms with Crippen molar-refractivity contribution in [2.75, 3.05) is 39.6 Å². The first-order chi connectivity index (χ1) is 48.6. The van der Waals surface area contributed by atoms with E-state index in [-0.39, 0.29) is 25.7 Å². The van der Waals surface area contributed by atoms with Crippen LogP contribution in [0.3, 0.4) is 0 Å². The average molecular weight is 1480 g/mol. The Hall–Kier alpha value is -1.94. The lowest BCUT2D eigenvalue weighted by molar-refractivity contribution is -0.161. The summed E-state index contributed by atoms with van der Waals surface area (Å²) in [5.41, 5.74) is 0. The third-order valence-electron chi connectivity index (χ3n) is 19.1. The van der Waals surface area contributed by atoms with Crippen LogP contribution in [0.15, 0.2) is 0 Å². The quantitative estimate of drug-likeness (QED) is 0.0222. The van der Waals surface area contributed by atoms with Gasteiger partial charge in [-0.15, -0.1) is 0 Å². The van der Waals surface area contributed by atoms with Crippen LogP contribution in [0.2, 0.25) is 0 Å². The number of esters is 4. The number of unbranched alkanes of at least 4 members (excludes halogenated alkanes) is 45. The molecule has 0 spiro atoms. The maximum Gasteiger partial charge on any atom is 0.472 e. The Morgan fingerprint density at radius 2 is 0.416 bits per heavy atom. The molecule has 101 heavy (non-hydrogen) atoms. The van der Waals surface area contributed by atoms with Gasteiger partial charge in [-0.05, 0) is 49.4 Å². The first-order valence-corrected chi connectivity index (χ1v) is 45.2. The molecule has 0 heterocycles. The number of aliphatic hydroxyl groups excluding tert-OH is 1. The van der Waals surface area contributed by atoms with Crippen molar-refractivity contribution in [1.29, 1.82) is 0 Å². The molecule has 5 atom stereocenters. The number of aliphatic hydroxyl groups is 1. The van der Waals surface area contributed by atoms with Crippen molar-refractivity contribution >= 4 is 39.5 Å². The van der Waals surface area contributed by atoms with Gasteiger partial charge in [0.1, 0.15) is 19.3 Å².